The number of hydrogen-bond acceptors (Lipinski definition) is 5. The number of ether oxygens (including phenoxy) is 1. The highest BCUT2D eigenvalue weighted by atomic mass is 16.5. The van der Waals surface area contributed by atoms with Crippen molar-refractivity contribution in [3.05, 3.63) is 53.6 Å². The molecule has 1 aliphatic rings. The van der Waals surface area contributed by atoms with E-state index < -0.39 is 0 Å². The molecule has 1 aliphatic heterocycles. The summed E-state index contributed by atoms with van der Waals surface area (Å²) in [5, 5.41) is 14.7. The number of hydrogen-bond donors (Lipinski definition) is 3. The number of aromatic nitrogens is 1. The summed E-state index contributed by atoms with van der Waals surface area (Å²) >= 11 is 0. The molecule has 1 saturated heterocycles. The largest absolute Gasteiger partial charge is 0.494 e. The van der Waals surface area contributed by atoms with E-state index in [1.54, 1.807) is 6.21 Å². The lowest BCUT2D eigenvalue weighted by Crippen LogP contribution is -2.38. The summed E-state index contributed by atoms with van der Waals surface area (Å²) in [4.78, 5) is 9.95. The van der Waals surface area contributed by atoms with Crippen LogP contribution in [-0.4, -0.2) is 60.6 Å². The summed E-state index contributed by atoms with van der Waals surface area (Å²) in [5.74, 6) is 0.148. The van der Waals surface area contributed by atoms with Crippen molar-refractivity contribution < 1.29 is 9.84 Å². The van der Waals surface area contributed by atoms with Crippen LogP contribution in [0.4, 0.5) is 11.4 Å². The van der Waals surface area contributed by atoms with E-state index in [1.165, 1.54) is 0 Å². The third kappa shape index (κ3) is 4.18. The molecule has 1 fully saturated rings. The molecule has 3 aromatic rings. The van der Waals surface area contributed by atoms with Gasteiger partial charge in [-0.05, 0) is 42.8 Å². The summed E-state index contributed by atoms with van der Waals surface area (Å²) in [7, 11) is 0. The van der Waals surface area contributed by atoms with Gasteiger partial charge in [0, 0.05) is 49.0 Å². The number of aryl methyl sites for hydroxylation is 1. The van der Waals surface area contributed by atoms with E-state index in [1.807, 2.05) is 49.4 Å². The van der Waals surface area contributed by atoms with Crippen molar-refractivity contribution in [2.45, 2.75) is 6.92 Å². The van der Waals surface area contributed by atoms with E-state index in [-0.39, 0.29) is 5.88 Å². The van der Waals surface area contributed by atoms with Crippen LogP contribution in [0.15, 0.2) is 47.5 Å². The number of benzene rings is 2. The van der Waals surface area contributed by atoms with Gasteiger partial charge in [-0.25, -0.2) is 0 Å². The maximum absolute atomic E-state index is 10.2. The molecule has 0 spiro atoms. The molecule has 4 rings (SSSR count). The van der Waals surface area contributed by atoms with Crippen molar-refractivity contribution >= 4 is 28.5 Å². The Balaban J connectivity index is 1.39. The van der Waals surface area contributed by atoms with Crippen molar-refractivity contribution in [2.75, 3.05) is 44.7 Å². The Kier molecular flexibility index (Phi) is 5.60. The molecule has 0 radical (unpaired) electrons. The fourth-order valence-corrected chi connectivity index (χ4v) is 3.56. The number of anilines is 1. The third-order valence-corrected chi connectivity index (χ3v) is 5.12. The number of fused-ring (bicyclic) bond motifs is 1. The number of H-pyrrole nitrogens is 1. The molecule has 6 heteroatoms. The van der Waals surface area contributed by atoms with Crippen molar-refractivity contribution in [1.29, 1.82) is 0 Å². The highest BCUT2D eigenvalue weighted by Gasteiger charge is 2.11. The first-order chi connectivity index (χ1) is 13.7. The average molecular weight is 378 g/mol. The first-order valence-electron chi connectivity index (χ1n) is 9.69. The zero-order valence-electron chi connectivity index (χ0n) is 16.1. The van der Waals surface area contributed by atoms with Crippen molar-refractivity contribution in [1.82, 2.24) is 9.88 Å². The van der Waals surface area contributed by atoms with Crippen molar-refractivity contribution in [2.24, 2.45) is 4.99 Å². The van der Waals surface area contributed by atoms with Crippen LogP contribution >= 0.6 is 0 Å². The van der Waals surface area contributed by atoms with Gasteiger partial charge in [0.2, 0.25) is 0 Å². The van der Waals surface area contributed by atoms with Gasteiger partial charge >= 0.3 is 0 Å². The number of aliphatic imine (C=N–C) groups is 1. The molecule has 146 valence electrons. The van der Waals surface area contributed by atoms with Crippen LogP contribution < -0.4 is 5.32 Å². The third-order valence-electron chi connectivity index (χ3n) is 5.12. The maximum Gasteiger partial charge on any atom is 0.198 e. The number of morpholine rings is 1. The Morgan fingerprint density at radius 2 is 1.96 bits per heavy atom. The van der Waals surface area contributed by atoms with Crippen LogP contribution in [-0.2, 0) is 4.74 Å². The molecule has 2 heterocycles. The van der Waals surface area contributed by atoms with E-state index in [4.69, 9.17) is 4.74 Å². The van der Waals surface area contributed by atoms with E-state index in [2.05, 4.69) is 20.2 Å². The molecule has 6 nitrogen and oxygen atoms in total. The molecular formula is C22H26N4O2. The lowest BCUT2D eigenvalue weighted by molar-refractivity contribution is 0.0398. The number of rotatable bonds is 6. The van der Waals surface area contributed by atoms with Gasteiger partial charge in [-0.15, -0.1) is 0 Å². The first kappa shape index (κ1) is 18.5. The standard InChI is InChI=1S/C22H26N4O2/c1-16-3-2-4-20-21(16)19(22(27)25-20)15-24-18-7-5-17(6-8-18)23-9-10-26-11-13-28-14-12-26/h2-8,15,23,25,27H,9-14H2,1H3. The Morgan fingerprint density at radius 1 is 1.18 bits per heavy atom. The summed E-state index contributed by atoms with van der Waals surface area (Å²) < 4.78 is 5.37. The number of aromatic hydroxyl groups is 1. The topological polar surface area (TPSA) is 72.9 Å². The van der Waals surface area contributed by atoms with Crippen LogP contribution in [0.2, 0.25) is 0 Å². The number of nitrogens with one attached hydrogen (secondary N) is 2. The van der Waals surface area contributed by atoms with Crippen molar-refractivity contribution in [3.8, 4) is 5.88 Å². The smallest absolute Gasteiger partial charge is 0.198 e. The zero-order valence-corrected chi connectivity index (χ0v) is 16.1. The zero-order chi connectivity index (χ0) is 19.3. The van der Waals surface area contributed by atoms with Gasteiger partial charge in [-0.2, -0.15) is 0 Å². The molecule has 0 atom stereocenters. The molecule has 28 heavy (non-hydrogen) atoms. The van der Waals surface area contributed by atoms with Crippen molar-refractivity contribution in [3.63, 3.8) is 0 Å². The van der Waals surface area contributed by atoms with E-state index in [9.17, 15) is 5.11 Å². The summed E-state index contributed by atoms with van der Waals surface area (Å²) in [6.07, 6.45) is 1.72. The molecular weight excluding hydrogens is 352 g/mol. The average Bonchev–Trinajstić information content (AvgIpc) is 3.04. The summed E-state index contributed by atoms with van der Waals surface area (Å²) in [6.45, 7) is 7.64. The van der Waals surface area contributed by atoms with Gasteiger partial charge in [-0.1, -0.05) is 12.1 Å². The summed E-state index contributed by atoms with van der Waals surface area (Å²) in [6, 6.07) is 14.0. The predicted octanol–water partition coefficient (Wildman–Crippen LogP) is 3.68. The van der Waals surface area contributed by atoms with Crippen LogP contribution in [0.3, 0.4) is 0 Å². The maximum atomic E-state index is 10.2. The fourth-order valence-electron chi connectivity index (χ4n) is 3.56. The second-order valence-corrected chi connectivity index (χ2v) is 7.07. The molecule has 0 aliphatic carbocycles. The fraction of sp³-hybridized carbons (Fsp3) is 0.318. The normalized spacial score (nSPS) is 15.5. The Bertz CT molecular complexity index is 957. The van der Waals surface area contributed by atoms with Gasteiger partial charge in [-0.3, -0.25) is 9.89 Å². The lowest BCUT2D eigenvalue weighted by Gasteiger charge is -2.26. The van der Waals surface area contributed by atoms with Crippen LogP contribution in [0.25, 0.3) is 10.9 Å². The molecule has 0 bridgehead atoms. The molecule has 0 amide bonds. The van der Waals surface area contributed by atoms with Gasteiger partial charge in [0.15, 0.2) is 5.88 Å². The Hall–Kier alpha value is -2.83. The van der Waals surface area contributed by atoms with Crippen LogP contribution in [0.5, 0.6) is 5.88 Å². The highest BCUT2D eigenvalue weighted by Crippen LogP contribution is 2.29. The second kappa shape index (κ2) is 8.46. The van der Waals surface area contributed by atoms with E-state index in [0.29, 0.717) is 0 Å². The van der Waals surface area contributed by atoms with Crippen LogP contribution in [0, 0.1) is 6.92 Å². The molecule has 3 N–H and O–H groups in total. The minimum Gasteiger partial charge on any atom is -0.494 e. The monoisotopic (exact) mass is 378 g/mol. The Morgan fingerprint density at radius 3 is 2.75 bits per heavy atom. The quantitative estimate of drug-likeness (QED) is 0.572. The van der Waals surface area contributed by atoms with Gasteiger partial charge < -0.3 is 20.1 Å². The summed E-state index contributed by atoms with van der Waals surface area (Å²) in [5.41, 5.74) is 4.67. The van der Waals surface area contributed by atoms with E-state index in [0.717, 1.165) is 72.8 Å². The lowest BCUT2D eigenvalue weighted by atomic mass is 10.1. The number of nitrogens with zero attached hydrogens (tertiary/aromatic N) is 2. The molecule has 2 aromatic carbocycles. The molecule has 0 unspecified atom stereocenters. The van der Waals surface area contributed by atoms with Gasteiger partial charge in [0.25, 0.3) is 0 Å². The highest BCUT2D eigenvalue weighted by molar-refractivity contribution is 6.04. The SMILES string of the molecule is Cc1cccc2[nH]c(O)c(C=Nc3ccc(NCCN4CCOCC4)cc3)c12. The number of aromatic amines is 1. The Labute approximate surface area is 164 Å². The predicted molar refractivity (Wildman–Crippen MR) is 114 cm³/mol. The minimum atomic E-state index is 0.148. The van der Waals surface area contributed by atoms with Gasteiger partial charge in [0.1, 0.15) is 0 Å². The van der Waals surface area contributed by atoms with Crippen LogP contribution in [0.1, 0.15) is 11.1 Å². The first-order valence-corrected chi connectivity index (χ1v) is 9.69. The minimum absolute atomic E-state index is 0.148. The molecule has 1 aromatic heterocycles. The second-order valence-electron chi connectivity index (χ2n) is 7.07. The molecule has 0 saturated carbocycles. The van der Waals surface area contributed by atoms with E-state index >= 15 is 0 Å². The van der Waals surface area contributed by atoms with Gasteiger partial charge in [0.05, 0.1) is 24.5 Å².